The quantitative estimate of drug-likeness (QED) is 0.851. The maximum Gasteiger partial charge on any atom is 0.303 e. The van der Waals surface area contributed by atoms with Crippen molar-refractivity contribution < 1.29 is 14.6 Å². The van der Waals surface area contributed by atoms with Crippen molar-refractivity contribution in [3.63, 3.8) is 0 Å². The lowest BCUT2D eigenvalue weighted by atomic mass is 9.82. The van der Waals surface area contributed by atoms with E-state index in [1.165, 1.54) is 11.1 Å². The molecule has 1 fully saturated rings. The molecule has 1 saturated carbocycles. The first-order valence-electron chi connectivity index (χ1n) is 7.34. The molecule has 2 rings (SSSR count). The van der Waals surface area contributed by atoms with Gasteiger partial charge in [0.2, 0.25) is 0 Å². The second-order valence-electron chi connectivity index (χ2n) is 6.12. The van der Waals surface area contributed by atoms with Crippen molar-refractivity contribution >= 4 is 5.97 Å². The lowest BCUT2D eigenvalue weighted by Crippen LogP contribution is -2.12. The topological polar surface area (TPSA) is 46.5 Å². The average molecular weight is 276 g/mol. The molecule has 3 heteroatoms. The first-order chi connectivity index (χ1) is 9.45. The van der Waals surface area contributed by atoms with E-state index >= 15 is 0 Å². The Morgan fingerprint density at radius 3 is 2.50 bits per heavy atom. The lowest BCUT2D eigenvalue weighted by molar-refractivity contribution is -0.137. The molecule has 1 aromatic rings. The van der Waals surface area contributed by atoms with Gasteiger partial charge in [-0.05, 0) is 48.6 Å². The van der Waals surface area contributed by atoms with E-state index in [1.807, 2.05) is 6.92 Å². The second-order valence-corrected chi connectivity index (χ2v) is 6.12. The van der Waals surface area contributed by atoms with Gasteiger partial charge < -0.3 is 9.84 Å². The molecule has 0 aliphatic heterocycles. The van der Waals surface area contributed by atoms with Crippen molar-refractivity contribution in [3.05, 3.63) is 28.8 Å². The van der Waals surface area contributed by atoms with E-state index in [1.54, 1.807) is 7.11 Å². The summed E-state index contributed by atoms with van der Waals surface area (Å²) in [5, 5.41) is 9.20. The minimum absolute atomic E-state index is 0.124. The third-order valence-corrected chi connectivity index (χ3v) is 4.19. The van der Waals surface area contributed by atoms with Crippen LogP contribution in [-0.2, 0) is 4.79 Å². The molecule has 0 aromatic heterocycles. The summed E-state index contributed by atoms with van der Waals surface area (Å²) in [6, 6.07) is 4.16. The van der Waals surface area contributed by atoms with Crippen LogP contribution in [0, 0.1) is 12.8 Å². The van der Waals surface area contributed by atoms with E-state index in [9.17, 15) is 9.90 Å². The molecule has 20 heavy (non-hydrogen) atoms. The molecule has 0 heterocycles. The van der Waals surface area contributed by atoms with E-state index < -0.39 is 5.97 Å². The van der Waals surface area contributed by atoms with Gasteiger partial charge in [0.25, 0.3) is 0 Å². The van der Waals surface area contributed by atoms with Crippen LogP contribution in [-0.4, -0.2) is 18.2 Å². The molecule has 1 atom stereocenters. The molecule has 1 N–H and O–H groups in total. The van der Waals surface area contributed by atoms with Crippen molar-refractivity contribution in [2.75, 3.05) is 7.11 Å². The summed E-state index contributed by atoms with van der Waals surface area (Å²) >= 11 is 0. The van der Waals surface area contributed by atoms with Crippen molar-refractivity contribution in [2.45, 2.75) is 51.9 Å². The Balaban J connectivity index is 2.50. The summed E-state index contributed by atoms with van der Waals surface area (Å²) in [6.45, 7) is 6.33. The SMILES string of the molecule is COc1c(C)ccc(C(CC(=O)O)C2CC2)c1C(C)C. The highest BCUT2D eigenvalue weighted by molar-refractivity contribution is 5.68. The molecule has 3 nitrogen and oxygen atoms in total. The Hall–Kier alpha value is -1.51. The number of carbonyl (C=O) groups is 1. The van der Waals surface area contributed by atoms with Gasteiger partial charge in [-0.1, -0.05) is 26.0 Å². The number of carboxylic acids is 1. The van der Waals surface area contributed by atoms with Gasteiger partial charge in [0.15, 0.2) is 0 Å². The van der Waals surface area contributed by atoms with Gasteiger partial charge in [0.05, 0.1) is 13.5 Å². The highest BCUT2D eigenvalue weighted by Crippen LogP contribution is 2.48. The van der Waals surface area contributed by atoms with E-state index in [-0.39, 0.29) is 12.3 Å². The maximum atomic E-state index is 11.2. The lowest BCUT2D eigenvalue weighted by Gasteiger charge is -2.24. The molecule has 1 aromatic carbocycles. The summed E-state index contributed by atoms with van der Waals surface area (Å²) in [5.41, 5.74) is 3.47. The number of hydrogen-bond acceptors (Lipinski definition) is 2. The Morgan fingerprint density at radius 2 is 2.05 bits per heavy atom. The number of benzene rings is 1. The Kier molecular flexibility index (Phi) is 4.36. The van der Waals surface area contributed by atoms with Gasteiger partial charge in [-0.25, -0.2) is 0 Å². The van der Waals surface area contributed by atoms with E-state index in [0.29, 0.717) is 11.8 Å². The monoisotopic (exact) mass is 276 g/mol. The van der Waals surface area contributed by atoms with Crippen LogP contribution in [0.4, 0.5) is 0 Å². The second kappa shape index (κ2) is 5.86. The maximum absolute atomic E-state index is 11.2. The highest BCUT2D eigenvalue weighted by atomic mass is 16.5. The highest BCUT2D eigenvalue weighted by Gasteiger charge is 2.36. The molecule has 1 aliphatic rings. The number of aryl methyl sites for hydroxylation is 1. The van der Waals surface area contributed by atoms with Crippen LogP contribution < -0.4 is 4.74 Å². The van der Waals surface area contributed by atoms with Crippen LogP contribution >= 0.6 is 0 Å². The zero-order chi connectivity index (χ0) is 14.9. The first-order valence-corrected chi connectivity index (χ1v) is 7.34. The third kappa shape index (κ3) is 2.97. The van der Waals surface area contributed by atoms with Crippen LogP contribution in [0.5, 0.6) is 5.75 Å². The van der Waals surface area contributed by atoms with Gasteiger partial charge in [-0.3, -0.25) is 4.79 Å². The number of ether oxygens (including phenoxy) is 1. The molecule has 0 radical (unpaired) electrons. The Bertz CT molecular complexity index is 501. The Morgan fingerprint density at radius 1 is 1.40 bits per heavy atom. The van der Waals surface area contributed by atoms with Crippen LogP contribution in [0.3, 0.4) is 0 Å². The van der Waals surface area contributed by atoms with E-state index in [4.69, 9.17) is 4.74 Å². The molecule has 0 bridgehead atoms. The zero-order valence-electron chi connectivity index (χ0n) is 12.8. The normalized spacial score (nSPS) is 16.2. The largest absolute Gasteiger partial charge is 0.496 e. The smallest absolute Gasteiger partial charge is 0.303 e. The molecular weight excluding hydrogens is 252 g/mol. The first kappa shape index (κ1) is 14.9. The molecule has 0 saturated heterocycles. The molecule has 110 valence electrons. The van der Waals surface area contributed by atoms with E-state index in [2.05, 4.69) is 26.0 Å². The van der Waals surface area contributed by atoms with Crippen molar-refractivity contribution in [2.24, 2.45) is 5.92 Å². The number of hydrogen-bond donors (Lipinski definition) is 1. The predicted molar refractivity (Wildman–Crippen MR) is 79.5 cm³/mol. The van der Waals surface area contributed by atoms with Crippen LogP contribution in [0.25, 0.3) is 0 Å². The summed E-state index contributed by atoms with van der Waals surface area (Å²) in [7, 11) is 1.70. The summed E-state index contributed by atoms with van der Waals surface area (Å²) in [6.07, 6.45) is 2.51. The fourth-order valence-corrected chi connectivity index (χ4v) is 3.13. The summed E-state index contributed by atoms with van der Waals surface area (Å²) < 4.78 is 5.59. The molecule has 0 spiro atoms. The van der Waals surface area contributed by atoms with Gasteiger partial charge in [-0.2, -0.15) is 0 Å². The Labute approximate surface area is 121 Å². The fraction of sp³-hybridized carbons (Fsp3) is 0.588. The van der Waals surface area contributed by atoms with Gasteiger partial charge >= 0.3 is 5.97 Å². The number of rotatable bonds is 6. The average Bonchev–Trinajstić information content (AvgIpc) is 3.19. The predicted octanol–water partition coefficient (Wildman–Crippen LogP) is 4.10. The summed E-state index contributed by atoms with van der Waals surface area (Å²) in [4.78, 5) is 11.2. The van der Waals surface area contributed by atoms with Crippen LogP contribution in [0.15, 0.2) is 12.1 Å². The standard InChI is InChI=1S/C17H24O3/c1-10(2)16-13(8-5-11(3)17(16)20-4)14(9-15(18)19)12-6-7-12/h5,8,10,12,14H,6-7,9H2,1-4H3,(H,18,19). The summed E-state index contributed by atoms with van der Waals surface area (Å²) in [5.74, 6) is 1.19. The number of carboxylic acid groups (broad SMARTS) is 1. The zero-order valence-corrected chi connectivity index (χ0v) is 12.8. The van der Waals surface area contributed by atoms with Gasteiger partial charge in [0.1, 0.15) is 5.75 Å². The number of methoxy groups -OCH3 is 1. The molecule has 0 amide bonds. The van der Waals surface area contributed by atoms with E-state index in [0.717, 1.165) is 24.2 Å². The molecule has 1 aliphatic carbocycles. The van der Waals surface area contributed by atoms with Crippen molar-refractivity contribution in [1.82, 2.24) is 0 Å². The molecular formula is C17H24O3. The van der Waals surface area contributed by atoms with Gasteiger partial charge in [0, 0.05) is 5.56 Å². The van der Waals surface area contributed by atoms with Crippen molar-refractivity contribution in [3.8, 4) is 5.75 Å². The van der Waals surface area contributed by atoms with Crippen LogP contribution in [0.2, 0.25) is 0 Å². The number of aliphatic carboxylic acids is 1. The van der Waals surface area contributed by atoms with Crippen LogP contribution in [0.1, 0.15) is 61.6 Å². The minimum Gasteiger partial charge on any atom is -0.496 e. The van der Waals surface area contributed by atoms with Crippen molar-refractivity contribution in [1.29, 1.82) is 0 Å². The fourth-order valence-electron chi connectivity index (χ4n) is 3.13. The van der Waals surface area contributed by atoms with Gasteiger partial charge in [-0.15, -0.1) is 0 Å². The third-order valence-electron chi connectivity index (χ3n) is 4.19. The molecule has 1 unspecified atom stereocenters. The minimum atomic E-state index is -0.712.